The Kier molecular flexibility index (Phi) is 5.37. The maximum atomic E-state index is 13.0. The average Bonchev–Trinajstić information content (AvgIpc) is 3.18. The molecule has 2 aliphatic rings. The summed E-state index contributed by atoms with van der Waals surface area (Å²) in [4.78, 5) is 29.8. The second-order valence-corrected chi connectivity index (χ2v) is 8.52. The molecule has 1 aliphatic carbocycles. The molecule has 2 amide bonds. The van der Waals surface area contributed by atoms with Crippen molar-refractivity contribution in [1.82, 2.24) is 20.2 Å². The molecule has 26 heavy (non-hydrogen) atoms. The van der Waals surface area contributed by atoms with E-state index >= 15 is 0 Å². The van der Waals surface area contributed by atoms with Crippen molar-refractivity contribution in [3.63, 3.8) is 0 Å². The van der Waals surface area contributed by atoms with Gasteiger partial charge in [-0.3, -0.25) is 9.59 Å². The fourth-order valence-corrected chi connectivity index (χ4v) is 3.97. The van der Waals surface area contributed by atoms with Crippen molar-refractivity contribution in [3.05, 3.63) is 17.7 Å². The molecular weight excluding hydrogens is 332 g/mol. The number of aromatic nitrogens is 2. The Bertz CT molecular complexity index is 669. The number of rotatable bonds is 5. The Labute approximate surface area is 154 Å². The minimum Gasteiger partial charge on any atom is -0.372 e. The lowest BCUT2D eigenvalue weighted by Crippen LogP contribution is -2.46. The van der Waals surface area contributed by atoms with Gasteiger partial charge in [-0.25, -0.2) is 4.98 Å². The van der Waals surface area contributed by atoms with Crippen LogP contribution in [0.15, 0.2) is 6.20 Å². The fraction of sp³-hybridized carbons (Fsp3) is 0.737. The Morgan fingerprint density at radius 2 is 2.04 bits per heavy atom. The van der Waals surface area contributed by atoms with E-state index in [9.17, 15) is 9.59 Å². The monoisotopic (exact) mass is 362 g/mol. The molecule has 1 saturated carbocycles. The van der Waals surface area contributed by atoms with Gasteiger partial charge in [0.1, 0.15) is 12.4 Å². The lowest BCUT2D eigenvalue weighted by molar-refractivity contribution is -0.137. The summed E-state index contributed by atoms with van der Waals surface area (Å²) in [5.74, 6) is 0.843. The van der Waals surface area contributed by atoms with Crippen molar-refractivity contribution >= 4 is 11.8 Å². The van der Waals surface area contributed by atoms with E-state index in [0.717, 1.165) is 43.7 Å². The van der Waals surface area contributed by atoms with Crippen LogP contribution in [0.3, 0.4) is 0 Å². The summed E-state index contributed by atoms with van der Waals surface area (Å²) in [5.41, 5.74) is 0.124. The molecule has 3 rings (SSSR count). The maximum absolute atomic E-state index is 13.0. The largest absolute Gasteiger partial charge is 0.372 e. The summed E-state index contributed by atoms with van der Waals surface area (Å²) in [5, 5.41) is 6.05. The van der Waals surface area contributed by atoms with Gasteiger partial charge >= 0.3 is 0 Å². The molecule has 0 spiro atoms. The number of hydrogen-bond acceptors (Lipinski definition) is 4. The molecule has 0 atom stereocenters. The maximum Gasteiger partial charge on any atom is 0.227 e. The van der Waals surface area contributed by atoms with Gasteiger partial charge in [-0.1, -0.05) is 12.8 Å². The van der Waals surface area contributed by atoms with Crippen molar-refractivity contribution in [2.24, 2.45) is 5.41 Å². The minimum absolute atomic E-state index is 0.0123. The standard InChI is InChI=1S/C19H30N4O3/c1-18(2,3)22-16(24)10-19(6-4-5-7-19)17(25)21-12-14-11-20-15-13-26-9-8-23(14)15/h11H,4-10,12-13H2,1-3H3,(H,21,25)(H,22,24). The number of imidazole rings is 1. The zero-order valence-corrected chi connectivity index (χ0v) is 16.1. The Morgan fingerprint density at radius 3 is 2.73 bits per heavy atom. The molecule has 144 valence electrons. The van der Waals surface area contributed by atoms with Gasteiger partial charge in [0.25, 0.3) is 0 Å². The highest BCUT2D eigenvalue weighted by atomic mass is 16.5. The van der Waals surface area contributed by atoms with E-state index in [1.54, 1.807) is 6.20 Å². The third-order valence-electron chi connectivity index (χ3n) is 5.20. The summed E-state index contributed by atoms with van der Waals surface area (Å²) in [6, 6.07) is 0. The molecule has 1 fully saturated rings. The van der Waals surface area contributed by atoms with Crippen LogP contribution >= 0.6 is 0 Å². The van der Waals surface area contributed by atoms with Crippen LogP contribution < -0.4 is 10.6 Å². The summed E-state index contributed by atoms with van der Waals surface area (Å²) < 4.78 is 7.51. The van der Waals surface area contributed by atoms with Crippen LogP contribution in [0.2, 0.25) is 0 Å². The Morgan fingerprint density at radius 1 is 1.31 bits per heavy atom. The van der Waals surface area contributed by atoms with Crippen molar-refractivity contribution in [2.75, 3.05) is 6.61 Å². The predicted molar refractivity (Wildman–Crippen MR) is 97.1 cm³/mol. The third kappa shape index (κ3) is 4.26. The smallest absolute Gasteiger partial charge is 0.227 e. The number of ether oxygens (including phenoxy) is 1. The van der Waals surface area contributed by atoms with Gasteiger partial charge in [0.05, 0.1) is 30.5 Å². The van der Waals surface area contributed by atoms with Crippen LogP contribution in [0.5, 0.6) is 0 Å². The van der Waals surface area contributed by atoms with Gasteiger partial charge in [0.15, 0.2) is 0 Å². The van der Waals surface area contributed by atoms with E-state index in [2.05, 4.69) is 20.2 Å². The highest BCUT2D eigenvalue weighted by molar-refractivity contribution is 5.89. The number of carbonyl (C=O) groups excluding carboxylic acids is 2. The predicted octanol–water partition coefficient (Wildman–Crippen LogP) is 1.89. The Hall–Kier alpha value is -1.89. The van der Waals surface area contributed by atoms with Gasteiger partial charge in [0, 0.05) is 18.5 Å². The highest BCUT2D eigenvalue weighted by Crippen LogP contribution is 2.41. The van der Waals surface area contributed by atoms with Crippen LogP contribution in [0, 0.1) is 5.41 Å². The molecule has 2 N–H and O–H groups in total. The van der Waals surface area contributed by atoms with E-state index in [-0.39, 0.29) is 23.8 Å². The second-order valence-electron chi connectivity index (χ2n) is 8.52. The zero-order chi connectivity index (χ0) is 18.8. The van der Waals surface area contributed by atoms with Crippen LogP contribution in [0.4, 0.5) is 0 Å². The van der Waals surface area contributed by atoms with Crippen molar-refractivity contribution in [3.8, 4) is 0 Å². The van der Waals surface area contributed by atoms with Crippen LogP contribution in [0.1, 0.15) is 64.4 Å². The number of fused-ring (bicyclic) bond motifs is 1. The van der Waals surface area contributed by atoms with E-state index < -0.39 is 5.41 Å². The lowest BCUT2D eigenvalue weighted by atomic mass is 9.81. The number of nitrogens with zero attached hydrogens (tertiary/aromatic N) is 2. The zero-order valence-electron chi connectivity index (χ0n) is 16.1. The van der Waals surface area contributed by atoms with Gasteiger partial charge < -0.3 is 19.9 Å². The molecule has 0 radical (unpaired) electrons. The topological polar surface area (TPSA) is 85.3 Å². The molecule has 0 aromatic carbocycles. The molecule has 0 saturated heterocycles. The van der Waals surface area contributed by atoms with Gasteiger partial charge in [-0.05, 0) is 33.6 Å². The first-order valence-corrected chi connectivity index (χ1v) is 9.49. The molecular formula is C19H30N4O3. The summed E-state index contributed by atoms with van der Waals surface area (Å²) in [6.45, 7) is 8.26. The number of amides is 2. The van der Waals surface area contributed by atoms with Gasteiger partial charge in [0.2, 0.25) is 11.8 Å². The summed E-state index contributed by atoms with van der Waals surface area (Å²) in [6.07, 6.45) is 5.60. The quantitative estimate of drug-likeness (QED) is 0.838. The highest BCUT2D eigenvalue weighted by Gasteiger charge is 2.43. The van der Waals surface area contributed by atoms with E-state index in [1.165, 1.54) is 0 Å². The molecule has 1 aromatic rings. The number of carbonyl (C=O) groups is 2. The molecule has 7 nitrogen and oxygen atoms in total. The molecule has 0 unspecified atom stereocenters. The lowest BCUT2D eigenvalue weighted by Gasteiger charge is -2.29. The molecule has 7 heteroatoms. The summed E-state index contributed by atoms with van der Waals surface area (Å²) >= 11 is 0. The number of nitrogens with one attached hydrogen (secondary N) is 2. The normalized spacial score (nSPS) is 19.0. The van der Waals surface area contributed by atoms with E-state index in [1.807, 2.05) is 20.8 Å². The SMILES string of the molecule is CC(C)(C)NC(=O)CC1(C(=O)NCc2cnc3n2CCOC3)CCCC1. The third-order valence-corrected chi connectivity index (χ3v) is 5.20. The molecule has 1 aromatic heterocycles. The first-order chi connectivity index (χ1) is 12.3. The van der Waals surface area contributed by atoms with E-state index in [4.69, 9.17) is 4.74 Å². The van der Waals surface area contributed by atoms with Crippen molar-refractivity contribution in [2.45, 2.75) is 78.1 Å². The van der Waals surface area contributed by atoms with E-state index in [0.29, 0.717) is 19.8 Å². The molecule has 2 heterocycles. The van der Waals surface area contributed by atoms with Crippen LogP contribution in [-0.4, -0.2) is 33.5 Å². The van der Waals surface area contributed by atoms with Crippen LogP contribution in [-0.2, 0) is 34.0 Å². The Balaban J connectivity index is 1.64. The first kappa shape index (κ1) is 18.9. The van der Waals surface area contributed by atoms with Gasteiger partial charge in [-0.15, -0.1) is 0 Å². The molecule has 1 aliphatic heterocycles. The van der Waals surface area contributed by atoms with Gasteiger partial charge in [-0.2, -0.15) is 0 Å². The van der Waals surface area contributed by atoms with Crippen molar-refractivity contribution < 1.29 is 14.3 Å². The number of hydrogen-bond donors (Lipinski definition) is 2. The molecule has 0 bridgehead atoms. The fourth-order valence-electron chi connectivity index (χ4n) is 3.97. The first-order valence-electron chi connectivity index (χ1n) is 9.49. The van der Waals surface area contributed by atoms with Crippen molar-refractivity contribution in [1.29, 1.82) is 0 Å². The minimum atomic E-state index is -0.580. The summed E-state index contributed by atoms with van der Waals surface area (Å²) in [7, 11) is 0. The average molecular weight is 362 g/mol. The second kappa shape index (κ2) is 7.39. The van der Waals surface area contributed by atoms with Crippen LogP contribution in [0.25, 0.3) is 0 Å².